The third-order valence-electron chi connectivity index (χ3n) is 5.58. The molecule has 3 aromatic rings. The quantitative estimate of drug-likeness (QED) is 0.513. The van der Waals surface area contributed by atoms with Crippen molar-refractivity contribution in [3.05, 3.63) is 53.9 Å². The minimum absolute atomic E-state index is 0.0187. The van der Waals surface area contributed by atoms with Gasteiger partial charge in [0.2, 0.25) is 0 Å². The lowest BCUT2D eigenvalue weighted by Gasteiger charge is -2.34. The summed E-state index contributed by atoms with van der Waals surface area (Å²) in [6.07, 6.45) is 0. The number of nitrogens with zero attached hydrogens (tertiary/aromatic N) is 6. The molecule has 10 nitrogen and oxygen atoms in total. The molecule has 1 fully saturated rings. The van der Waals surface area contributed by atoms with E-state index in [2.05, 4.69) is 20.4 Å². The first kappa shape index (κ1) is 22.5. The zero-order valence-electron chi connectivity index (χ0n) is 19.1. The Kier molecular flexibility index (Phi) is 7.04. The van der Waals surface area contributed by atoms with Crippen molar-refractivity contribution in [3.63, 3.8) is 0 Å². The largest absolute Gasteiger partial charge is 0.494 e. The van der Waals surface area contributed by atoms with Gasteiger partial charge in [-0.1, -0.05) is 0 Å². The van der Waals surface area contributed by atoms with E-state index in [-0.39, 0.29) is 5.91 Å². The van der Waals surface area contributed by atoms with Gasteiger partial charge in [0.1, 0.15) is 5.75 Å². The van der Waals surface area contributed by atoms with E-state index in [1.165, 1.54) is 0 Å². The van der Waals surface area contributed by atoms with Crippen LogP contribution >= 0.6 is 0 Å². The number of aromatic nitrogens is 4. The van der Waals surface area contributed by atoms with Crippen LogP contribution in [0, 0.1) is 0 Å². The van der Waals surface area contributed by atoms with Crippen LogP contribution < -0.4 is 14.2 Å². The number of carbonyl (C=O) groups excluding carboxylic acids is 1. The Balaban J connectivity index is 1.37. The molecule has 0 N–H and O–H groups in total. The number of piperazine rings is 1. The lowest BCUT2D eigenvalue weighted by Crippen LogP contribution is -2.48. The summed E-state index contributed by atoms with van der Waals surface area (Å²) in [4.78, 5) is 17.1. The number of benzene rings is 2. The van der Waals surface area contributed by atoms with E-state index in [1.54, 1.807) is 37.1 Å². The molecular formula is C23H28N6O4. The summed E-state index contributed by atoms with van der Waals surface area (Å²) in [6.45, 7) is 5.88. The second-order valence-electron chi connectivity index (χ2n) is 7.57. The van der Waals surface area contributed by atoms with Crippen molar-refractivity contribution in [2.24, 2.45) is 0 Å². The molecule has 0 aliphatic carbocycles. The van der Waals surface area contributed by atoms with Gasteiger partial charge in [-0.05, 0) is 59.8 Å². The maximum atomic E-state index is 13.0. The Hall–Kier alpha value is -3.66. The number of hydrogen-bond acceptors (Lipinski definition) is 8. The third-order valence-corrected chi connectivity index (χ3v) is 5.58. The number of hydrogen-bond donors (Lipinski definition) is 0. The van der Waals surface area contributed by atoms with Gasteiger partial charge < -0.3 is 19.1 Å². The van der Waals surface area contributed by atoms with E-state index >= 15 is 0 Å². The Labute approximate surface area is 192 Å². The lowest BCUT2D eigenvalue weighted by atomic mass is 10.1. The van der Waals surface area contributed by atoms with Crippen LogP contribution in [-0.2, 0) is 6.54 Å². The maximum Gasteiger partial charge on any atom is 0.254 e. The van der Waals surface area contributed by atoms with Crippen LogP contribution in [0.25, 0.3) is 5.69 Å². The first-order valence-corrected chi connectivity index (χ1v) is 10.9. The average Bonchev–Trinajstić information content (AvgIpc) is 3.32. The summed E-state index contributed by atoms with van der Waals surface area (Å²) < 4.78 is 17.8. The standard InChI is InChI=1S/C23H28N6O4/c1-4-33-19-8-6-18(7-9-19)29-22(24-25-26-29)16-27-11-13-28(14-12-27)23(30)17-5-10-20(31-2)21(15-17)32-3/h5-10,15H,4,11-14,16H2,1-3H3. The molecular weight excluding hydrogens is 424 g/mol. The van der Waals surface area contributed by atoms with Crippen molar-refractivity contribution in [2.45, 2.75) is 13.5 Å². The normalized spacial score (nSPS) is 14.2. The molecule has 1 aliphatic heterocycles. The van der Waals surface area contributed by atoms with Crippen LogP contribution in [0.15, 0.2) is 42.5 Å². The van der Waals surface area contributed by atoms with E-state index in [0.717, 1.165) is 30.4 Å². The van der Waals surface area contributed by atoms with Gasteiger partial charge in [0.05, 0.1) is 33.1 Å². The van der Waals surface area contributed by atoms with E-state index in [1.807, 2.05) is 36.1 Å². The van der Waals surface area contributed by atoms with Crippen molar-refractivity contribution in [1.82, 2.24) is 30.0 Å². The van der Waals surface area contributed by atoms with E-state index in [9.17, 15) is 4.79 Å². The molecule has 0 atom stereocenters. The number of carbonyl (C=O) groups is 1. The highest BCUT2D eigenvalue weighted by Gasteiger charge is 2.24. The molecule has 1 saturated heterocycles. The van der Waals surface area contributed by atoms with Gasteiger partial charge in [-0.2, -0.15) is 4.68 Å². The van der Waals surface area contributed by atoms with Crippen LogP contribution in [-0.4, -0.2) is 82.9 Å². The first-order valence-electron chi connectivity index (χ1n) is 10.9. The summed E-state index contributed by atoms with van der Waals surface area (Å²) in [6, 6.07) is 12.9. The van der Waals surface area contributed by atoms with Gasteiger partial charge in [0, 0.05) is 31.7 Å². The van der Waals surface area contributed by atoms with Crippen LogP contribution in [0.3, 0.4) is 0 Å². The molecule has 0 unspecified atom stereocenters. The zero-order valence-corrected chi connectivity index (χ0v) is 19.1. The van der Waals surface area contributed by atoms with Crippen LogP contribution in [0.5, 0.6) is 17.2 Å². The Morgan fingerprint density at radius 1 is 0.970 bits per heavy atom. The van der Waals surface area contributed by atoms with Crippen molar-refractivity contribution >= 4 is 5.91 Å². The maximum absolute atomic E-state index is 13.0. The van der Waals surface area contributed by atoms with Gasteiger partial charge >= 0.3 is 0 Å². The zero-order chi connectivity index (χ0) is 23.2. The molecule has 2 heterocycles. The number of tetrazole rings is 1. The molecule has 33 heavy (non-hydrogen) atoms. The second-order valence-corrected chi connectivity index (χ2v) is 7.57. The van der Waals surface area contributed by atoms with Crippen LogP contribution in [0.1, 0.15) is 23.1 Å². The molecule has 2 aromatic carbocycles. The first-order chi connectivity index (χ1) is 16.1. The van der Waals surface area contributed by atoms with Crippen molar-refractivity contribution in [2.75, 3.05) is 47.0 Å². The van der Waals surface area contributed by atoms with Gasteiger partial charge in [0.15, 0.2) is 17.3 Å². The molecule has 174 valence electrons. The fraction of sp³-hybridized carbons (Fsp3) is 0.391. The number of amides is 1. The smallest absolute Gasteiger partial charge is 0.254 e. The molecule has 0 bridgehead atoms. The van der Waals surface area contributed by atoms with E-state index in [0.29, 0.717) is 43.3 Å². The topological polar surface area (TPSA) is 94.8 Å². The summed E-state index contributed by atoms with van der Waals surface area (Å²) in [5, 5.41) is 12.2. The van der Waals surface area contributed by atoms with Crippen molar-refractivity contribution in [3.8, 4) is 22.9 Å². The Morgan fingerprint density at radius 3 is 2.36 bits per heavy atom. The summed E-state index contributed by atoms with van der Waals surface area (Å²) in [5.74, 6) is 2.69. The average molecular weight is 453 g/mol. The van der Waals surface area contributed by atoms with Gasteiger partial charge in [0.25, 0.3) is 5.91 Å². The van der Waals surface area contributed by atoms with Gasteiger partial charge in [-0.15, -0.1) is 5.10 Å². The predicted octanol–water partition coefficient (Wildman–Crippen LogP) is 2.04. The highest BCUT2D eigenvalue weighted by Crippen LogP contribution is 2.28. The van der Waals surface area contributed by atoms with Crippen LogP contribution in [0.2, 0.25) is 0 Å². The Bertz CT molecular complexity index is 1080. The minimum atomic E-state index is -0.0187. The molecule has 10 heteroatoms. The summed E-state index contributed by atoms with van der Waals surface area (Å²) in [7, 11) is 3.14. The second kappa shape index (κ2) is 10.3. The van der Waals surface area contributed by atoms with Crippen molar-refractivity contribution < 1.29 is 19.0 Å². The SMILES string of the molecule is CCOc1ccc(-n2nnnc2CN2CCN(C(=O)c3ccc(OC)c(OC)c3)CC2)cc1. The molecule has 1 aromatic heterocycles. The number of ether oxygens (including phenoxy) is 3. The third kappa shape index (κ3) is 5.06. The molecule has 1 amide bonds. The highest BCUT2D eigenvalue weighted by molar-refractivity contribution is 5.95. The molecule has 1 aliphatic rings. The predicted molar refractivity (Wildman–Crippen MR) is 121 cm³/mol. The fourth-order valence-corrected chi connectivity index (χ4v) is 3.82. The minimum Gasteiger partial charge on any atom is -0.494 e. The van der Waals surface area contributed by atoms with Crippen LogP contribution in [0.4, 0.5) is 0 Å². The summed E-state index contributed by atoms with van der Waals surface area (Å²) >= 11 is 0. The van der Waals surface area contributed by atoms with Gasteiger partial charge in [-0.3, -0.25) is 9.69 Å². The monoisotopic (exact) mass is 452 g/mol. The van der Waals surface area contributed by atoms with E-state index in [4.69, 9.17) is 14.2 Å². The molecule has 0 radical (unpaired) electrons. The fourth-order valence-electron chi connectivity index (χ4n) is 3.82. The van der Waals surface area contributed by atoms with E-state index < -0.39 is 0 Å². The van der Waals surface area contributed by atoms with Crippen molar-refractivity contribution in [1.29, 1.82) is 0 Å². The molecule has 4 rings (SSSR count). The molecule has 0 spiro atoms. The number of rotatable bonds is 8. The Morgan fingerprint density at radius 2 is 1.70 bits per heavy atom. The molecule has 0 saturated carbocycles. The van der Waals surface area contributed by atoms with Gasteiger partial charge in [-0.25, -0.2) is 0 Å². The lowest BCUT2D eigenvalue weighted by molar-refractivity contribution is 0.0624. The number of methoxy groups -OCH3 is 2. The summed E-state index contributed by atoms with van der Waals surface area (Å²) in [5.41, 5.74) is 1.46. The highest BCUT2D eigenvalue weighted by atomic mass is 16.5.